The first-order chi connectivity index (χ1) is 8.49. The Labute approximate surface area is 110 Å². The van der Waals surface area contributed by atoms with E-state index in [1.54, 1.807) is 19.1 Å². The maximum atomic E-state index is 9.97. The van der Waals surface area contributed by atoms with Gasteiger partial charge in [-0.05, 0) is 30.5 Å². The van der Waals surface area contributed by atoms with Crippen LogP contribution in [0.25, 0.3) is 10.4 Å². The topological polar surface area (TPSA) is 115 Å². The fourth-order valence-corrected chi connectivity index (χ4v) is 1.83. The second-order valence-electron chi connectivity index (χ2n) is 3.94. The third-order valence-electron chi connectivity index (χ3n) is 2.73. The van der Waals surface area contributed by atoms with Gasteiger partial charge in [0.2, 0.25) is 0 Å². The highest BCUT2D eigenvalue weighted by Gasteiger charge is 2.21. The molecule has 0 amide bonds. The van der Waals surface area contributed by atoms with Gasteiger partial charge in [0.15, 0.2) is 0 Å². The monoisotopic (exact) mass is 270 g/mol. The van der Waals surface area contributed by atoms with E-state index in [-0.39, 0.29) is 13.0 Å². The van der Waals surface area contributed by atoms with Gasteiger partial charge < -0.3 is 15.9 Å². The van der Waals surface area contributed by atoms with Gasteiger partial charge in [-0.2, -0.15) is 0 Å². The van der Waals surface area contributed by atoms with E-state index in [0.29, 0.717) is 21.8 Å². The Balaban J connectivity index is 2.86. The number of hydrogen-bond donors (Lipinski definition) is 3. The Morgan fingerprint density at radius 1 is 1.50 bits per heavy atom. The third-order valence-corrected chi connectivity index (χ3v) is 3.23. The highest BCUT2D eigenvalue weighted by atomic mass is 35.5. The molecule has 0 aliphatic heterocycles. The standard InChI is InChI=1S/C11H15ClN4O2/c1-6-8(13)3-2-7(10(6)12)11(18)9(17)4-5-15-16-14/h2-3,9,11,17-18H,4-5,13H2,1H3. The predicted molar refractivity (Wildman–Crippen MR) is 70.2 cm³/mol. The van der Waals surface area contributed by atoms with Crippen molar-refractivity contribution in [3.05, 3.63) is 38.7 Å². The van der Waals surface area contributed by atoms with E-state index in [1.165, 1.54) is 0 Å². The Hall–Kier alpha value is -1.46. The lowest BCUT2D eigenvalue weighted by Gasteiger charge is -2.20. The number of aliphatic hydroxyl groups is 2. The minimum absolute atomic E-state index is 0.111. The second-order valence-corrected chi connectivity index (χ2v) is 4.32. The van der Waals surface area contributed by atoms with Crippen LogP contribution in [0, 0.1) is 6.92 Å². The van der Waals surface area contributed by atoms with Crippen molar-refractivity contribution in [2.45, 2.75) is 25.6 Å². The summed E-state index contributed by atoms with van der Waals surface area (Å²) < 4.78 is 0. The van der Waals surface area contributed by atoms with Crippen LogP contribution >= 0.6 is 11.6 Å². The normalized spacial score (nSPS) is 13.8. The summed E-state index contributed by atoms with van der Waals surface area (Å²) in [7, 11) is 0. The molecule has 1 rings (SSSR count). The highest BCUT2D eigenvalue weighted by molar-refractivity contribution is 6.32. The molecule has 0 saturated heterocycles. The molecule has 2 atom stereocenters. The summed E-state index contributed by atoms with van der Waals surface area (Å²) in [5.41, 5.74) is 15.4. The molecule has 0 aliphatic carbocycles. The van der Waals surface area contributed by atoms with E-state index in [2.05, 4.69) is 10.0 Å². The van der Waals surface area contributed by atoms with Crippen molar-refractivity contribution in [2.75, 3.05) is 12.3 Å². The van der Waals surface area contributed by atoms with Gasteiger partial charge >= 0.3 is 0 Å². The predicted octanol–water partition coefficient (Wildman–Crippen LogP) is 2.33. The van der Waals surface area contributed by atoms with Gasteiger partial charge in [0, 0.05) is 22.7 Å². The van der Waals surface area contributed by atoms with Crippen molar-refractivity contribution in [3.63, 3.8) is 0 Å². The number of anilines is 1. The molecular weight excluding hydrogens is 256 g/mol. The zero-order chi connectivity index (χ0) is 13.7. The van der Waals surface area contributed by atoms with E-state index >= 15 is 0 Å². The molecule has 98 valence electrons. The molecule has 1 aromatic rings. The van der Waals surface area contributed by atoms with Crippen LogP contribution in [0.1, 0.15) is 23.7 Å². The largest absolute Gasteiger partial charge is 0.398 e. The fraction of sp³-hybridized carbons (Fsp3) is 0.455. The van der Waals surface area contributed by atoms with Gasteiger partial charge in [-0.3, -0.25) is 0 Å². The SMILES string of the molecule is Cc1c(N)ccc(C(O)C(O)CCN=[N+]=[N-])c1Cl. The molecular formula is C11H15ClN4O2. The molecule has 18 heavy (non-hydrogen) atoms. The molecule has 0 saturated carbocycles. The average molecular weight is 271 g/mol. The van der Waals surface area contributed by atoms with Crippen LogP contribution < -0.4 is 5.73 Å². The Kier molecular flexibility index (Phi) is 5.25. The highest BCUT2D eigenvalue weighted by Crippen LogP contribution is 2.31. The Bertz CT molecular complexity index is 474. The summed E-state index contributed by atoms with van der Waals surface area (Å²) in [6.45, 7) is 1.85. The zero-order valence-electron chi connectivity index (χ0n) is 9.91. The quantitative estimate of drug-likeness (QED) is 0.330. The molecule has 0 radical (unpaired) electrons. The minimum Gasteiger partial charge on any atom is -0.398 e. The van der Waals surface area contributed by atoms with E-state index < -0.39 is 12.2 Å². The number of rotatable bonds is 5. The van der Waals surface area contributed by atoms with Gasteiger partial charge in [-0.15, -0.1) is 0 Å². The summed E-state index contributed by atoms with van der Waals surface area (Å²) in [4.78, 5) is 2.57. The van der Waals surface area contributed by atoms with Crippen LogP contribution in [0.2, 0.25) is 5.02 Å². The van der Waals surface area contributed by atoms with Gasteiger partial charge in [0.25, 0.3) is 0 Å². The average Bonchev–Trinajstić information content (AvgIpc) is 2.35. The molecule has 2 unspecified atom stereocenters. The number of nitrogen functional groups attached to an aromatic ring is 1. The van der Waals surface area contributed by atoms with Crippen LogP contribution in [0.5, 0.6) is 0 Å². The molecule has 0 fully saturated rings. The first-order valence-corrected chi connectivity index (χ1v) is 5.78. The van der Waals surface area contributed by atoms with Gasteiger partial charge in [-0.25, -0.2) is 0 Å². The third kappa shape index (κ3) is 3.27. The molecule has 0 heterocycles. The van der Waals surface area contributed by atoms with E-state index in [4.69, 9.17) is 22.9 Å². The number of hydrogen-bond acceptors (Lipinski definition) is 4. The van der Waals surface area contributed by atoms with Crippen molar-refractivity contribution in [1.29, 1.82) is 0 Å². The Morgan fingerprint density at radius 3 is 2.78 bits per heavy atom. The summed E-state index contributed by atoms with van der Waals surface area (Å²) in [5.74, 6) is 0. The number of halogens is 1. The summed E-state index contributed by atoms with van der Waals surface area (Å²) >= 11 is 6.07. The van der Waals surface area contributed by atoms with Crippen LogP contribution in [0.3, 0.4) is 0 Å². The molecule has 0 aromatic heterocycles. The van der Waals surface area contributed by atoms with Crippen LogP contribution in [0.15, 0.2) is 17.2 Å². The number of benzene rings is 1. The number of nitrogens with two attached hydrogens (primary N) is 1. The van der Waals surface area contributed by atoms with Crippen molar-refractivity contribution in [3.8, 4) is 0 Å². The first-order valence-electron chi connectivity index (χ1n) is 5.40. The summed E-state index contributed by atoms with van der Waals surface area (Å²) in [5, 5.41) is 23.4. The van der Waals surface area contributed by atoms with Gasteiger partial charge in [-0.1, -0.05) is 22.8 Å². The molecule has 4 N–H and O–H groups in total. The van der Waals surface area contributed by atoms with E-state index in [9.17, 15) is 10.2 Å². The smallest absolute Gasteiger partial charge is 0.106 e. The molecule has 0 bridgehead atoms. The maximum Gasteiger partial charge on any atom is 0.106 e. The fourth-order valence-electron chi connectivity index (χ4n) is 1.55. The van der Waals surface area contributed by atoms with E-state index in [0.717, 1.165) is 0 Å². The van der Waals surface area contributed by atoms with Crippen LogP contribution in [-0.2, 0) is 0 Å². The Morgan fingerprint density at radius 2 is 2.17 bits per heavy atom. The number of azide groups is 1. The first kappa shape index (κ1) is 14.6. The molecule has 0 aliphatic rings. The van der Waals surface area contributed by atoms with Crippen LogP contribution in [0.4, 0.5) is 5.69 Å². The van der Waals surface area contributed by atoms with E-state index in [1.807, 2.05) is 0 Å². The number of aliphatic hydroxyl groups excluding tert-OH is 2. The lowest BCUT2D eigenvalue weighted by Crippen LogP contribution is -2.19. The maximum absolute atomic E-state index is 9.97. The lowest BCUT2D eigenvalue weighted by atomic mass is 9.99. The van der Waals surface area contributed by atoms with Crippen molar-refractivity contribution in [1.82, 2.24) is 0 Å². The molecule has 7 heteroatoms. The molecule has 6 nitrogen and oxygen atoms in total. The number of nitrogens with zero attached hydrogens (tertiary/aromatic N) is 3. The lowest BCUT2D eigenvalue weighted by molar-refractivity contribution is 0.0151. The van der Waals surface area contributed by atoms with Crippen molar-refractivity contribution < 1.29 is 10.2 Å². The van der Waals surface area contributed by atoms with Gasteiger partial charge in [0.05, 0.1) is 11.1 Å². The molecule has 1 aromatic carbocycles. The zero-order valence-corrected chi connectivity index (χ0v) is 10.7. The summed E-state index contributed by atoms with van der Waals surface area (Å²) in [6, 6.07) is 3.20. The summed E-state index contributed by atoms with van der Waals surface area (Å²) in [6.07, 6.45) is -2.02. The van der Waals surface area contributed by atoms with Gasteiger partial charge in [0.1, 0.15) is 6.10 Å². The van der Waals surface area contributed by atoms with Crippen molar-refractivity contribution in [2.24, 2.45) is 5.11 Å². The van der Waals surface area contributed by atoms with Crippen LogP contribution in [-0.4, -0.2) is 22.9 Å². The van der Waals surface area contributed by atoms with Crippen molar-refractivity contribution >= 4 is 17.3 Å². The second kappa shape index (κ2) is 6.47. The molecule has 0 spiro atoms. The minimum atomic E-state index is -1.13.